The molecule has 6 heteroatoms. The van der Waals surface area contributed by atoms with E-state index in [0.717, 1.165) is 0 Å². The van der Waals surface area contributed by atoms with Crippen molar-refractivity contribution >= 4 is 29.2 Å². The number of carboxylic acid groups (broad SMARTS) is 1. The summed E-state index contributed by atoms with van der Waals surface area (Å²) < 4.78 is 0. The Balaban J connectivity index is 2.16. The fraction of sp³-hybridized carbons (Fsp3) is 0.500. The van der Waals surface area contributed by atoms with Gasteiger partial charge in [-0.1, -0.05) is 19.9 Å². The fourth-order valence-corrected chi connectivity index (χ4v) is 3.45. The van der Waals surface area contributed by atoms with Gasteiger partial charge in [-0.2, -0.15) is 0 Å². The molecule has 2 atom stereocenters. The number of hydrogen-bond acceptors (Lipinski definition) is 3. The van der Waals surface area contributed by atoms with Crippen molar-refractivity contribution in [3.8, 4) is 0 Å². The van der Waals surface area contributed by atoms with Gasteiger partial charge < -0.3 is 15.7 Å². The molecule has 0 aliphatic heterocycles. The van der Waals surface area contributed by atoms with E-state index < -0.39 is 16.8 Å². The number of benzene rings is 1. The Hall–Kier alpha value is -2.37. The molecule has 1 aromatic rings. The Kier molecular flexibility index (Phi) is 4.69. The number of hydrogen-bond donors (Lipinski definition) is 3. The van der Waals surface area contributed by atoms with Crippen molar-refractivity contribution < 1.29 is 19.5 Å². The maximum atomic E-state index is 12.7. The number of nitrogens with one attached hydrogen (secondary N) is 2. The van der Waals surface area contributed by atoms with E-state index in [1.807, 2.05) is 13.8 Å². The molecule has 0 spiro atoms. The molecule has 1 aromatic carbocycles. The number of amides is 2. The van der Waals surface area contributed by atoms with E-state index in [2.05, 4.69) is 10.6 Å². The standard InChI is InChI=1S/C18H24N2O4/c1-11(21)19-12-6-5-7-13(10-12)20-15(22)14-8-9-18(4,16(23)24)17(14,2)3/h5-7,10,14H,8-9H2,1-4H3,(H,19,21)(H,20,22)(H,23,24). The molecule has 1 fully saturated rings. The van der Waals surface area contributed by atoms with Crippen molar-refractivity contribution in [3.05, 3.63) is 24.3 Å². The highest BCUT2D eigenvalue weighted by Crippen LogP contribution is 2.56. The minimum atomic E-state index is -0.924. The van der Waals surface area contributed by atoms with Crippen molar-refractivity contribution in [2.45, 2.75) is 40.5 Å². The van der Waals surface area contributed by atoms with Gasteiger partial charge in [0.25, 0.3) is 0 Å². The summed E-state index contributed by atoms with van der Waals surface area (Å²) in [4.78, 5) is 35.4. The summed E-state index contributed by atoms with van der Waals surface area (Å²) in [5, 5.41) is 15.1. The maximum Gasteiger partial charge on any atom is 0.309 e. The molecule has 3 N–H and O–H groups in total. The van der Waals surface area contributed by atoms with Crippen LogP contribution in [-0.2, 0) is 14.4 Å². The number of carbonyl (C=O) groups is 3. The monoisotopic (exact) mass is 332 g/mol. The van der Waals surface area contributed by atoms with Crippen molar-refractivity contribution in [2.24, 2.45) is 16.7 Å². The highest BCUT2D eigenvalue weighted by molar-refractivity contribution is 5.95. The summed E-state index contributed by atoms with van der Waals surface area (Å²) >= 11 is 0. The average molecular weight is 332 g/mol. The van der Waals surface area contributed by atoms with Gasteiger partial charge in [-0.05, 0) is 43.4 Å². The van der Waals surface area contributed by atoms with Crippen LogP contribution in [-0.4, -0.2) is 22.9 Å². The first kappa shape index (κ1) is 18.0. The van der Waals surface area contributed by atoms with Crippen LogP contribution in [0.15, 0.2) is 24.3 Å². The molecular weight excluding hydrogens is 308 g/mol. The predicted molar refractivity (Wildman–Crippen MR) is 91.6 cm³/mol. The first-order valence-electron chi connectivity index (χ1n) is 8.00. The maximum absolute atomic E-state index is 12.7. The molecule has 0 aromatic heterocycles. The Morgan fingerprint density at radius 3 is 2.21 bits per heavy atom. The van der Waals surface area contributed by atoms with Gasteiger partial charge in [0, 0.05) is 24.2 Å². The van der Waals surface area contributed by atoms with E-state index in [-0.39, 0.29) is 17.7 Å². The Morgan fingerprint density at radius 2 is 1.71 bits per heavy atom. The predicted octanol–water partition coefficient (Wildman–Crippen LogP) is 3.11. The summed E-state index contributed by atoms with van der Waals surface area (Å²) in [6.45, 7) is 6.80. The molecule has 2 rings (SSSR count). The van der Waals surface area contributed by atoms with Gasteiger partial charge in [-0.15, -0.1) is 0 Å². The lowest BCUT2D eigenvalue weighted by molar-refractivity contribution is -0.154. The van der Waals surface area contributed by atoms with Gasteiger partial charge in [-0.3, -0.25) is 14.4 Å². The number of carbonyl (C=O) groups excluding carboxylic acids is 2. The van der Waals surface area contributed by atoms with Crippen LogP contribution in [0.5, 0.6) is 0 Å². The van der Waals surface area contributed by atoms with E-state index in [9.17, 15) is 19.5 Å². The summed E-state index contributed by atoms with van der Waals surface area (Å²) in [7, 11) is 0. The lowest BCUT2D eigenvalue weighted by atomic mass is 9.65. The van der Waals surface area contributed by atoms with E-state index in [4.69, 9.17) is 0 Å². The molecule has 0 bridgehead atoms. The van der Waals surface area contributed by atoms with Crippen molar-refractivity contribution in [1.29, 1.82) is 0 Å². The van der Waals surface area contributed by atoms with Crippen LogP contribution < -0.4 is 10.6 Å². The summed E-state index contributed by atoms with van der Waals surface area (Å²) in [5.41, 5.74) is -0.405. The molecule has 1 saturated carbocycles. The number of anilines is 2. The van der Waals surface area contributed by atoms with Gasteiger partial charge in [0.2, 0.25) is 11.8 Å². The van der Waals surface area contributed by atoms with Gasteiger partial charge in [0.05, 0.1) is 5.41 Å². The van der Waals surface area contributed by atoms with Gasteiger partial charge in [0.1, 0.15) is 0 Å². The highest BCUT2D eigenvalue weighted by Gasteiger charge is 2.58. The quantitative estimate of drug-likeness (QED) is 0.789. The number of carboxylic acids is 1. The number of rotatable bonds is 4. The third kappa shape index (κ3) is 3.13. The molecule has 2 amide bonds. The summed E-state index contributed by atoms with van der Waals surface area (Å²) in [6.07, 6.45) is 1.01. The zero-order chi connectivity index (χ0) is 18.1. The van der Waals surface area contributed by atoms with Crippen LogP contribution in [0.1, 0.15) is 40.5 Å². The normalized spacial score (nSPS) is 25.1. The zero-order valence-electron chi connectivity index (χ0n) is 14.5. The average Bonchev–Trinajstić information content (AvgIpc) is 2.70. The lowest BCUT2D eigenvalue weighted by Crippen LogP contribution is -2.43. The topological polar surface area (TPSA) is 95.5 Å². The molecule has 130 valence electrons. The Morgan fingerprint density at radius 1 is 1.12 bits per heavy atom. The molecule has 0 saturated heterocycles. The zero-order valence-corrected chi connectivity index (χ0v) is 14.5. The highest BCUT2D eigenvalue weighted by atomic mass is 16.4. The molecule has 24 heavy (non-hydrogen) atoms. The van der Waals surface area contributed by atoms with E-state index in [0.29, 0.717) is 24.2 Å². The van der Waals surface area contributed by atoms with Gasteiger partial charge in [0.15, 0.2) is 0 Å². The van der Waals surface area contributed by atoms with E-state index >= 15 is 0 Å². The molecule has 2 unspecified atom stereocenters. The molecular formula is C18H24N2O4. The lowest BCUT2D eigenvalue weighted by Gasteiger charge is -2.37. The Bertz CT molecular complexity index is 683. The second-order valence-electron chi connectivity index (χ2n) is 7.20. The van der Waals surface area contributed by atoms with Crippen molar-refractivity contribution in [1.82, 2.24) is 0 Å². The minimum Gasteiger partial charge on any atom is -0.481 e. The molecule has 1 aliphatic carbocycles. The molecule has 0 heterocycles. The summed E-state index contributed by atoms with van der Waals surface area (Å²) in [5.74, 6) is -1.63. The van der Waals surface area contributed by atoms with Crippen LogP contribution in [0.2, 0.25) is 0 Å². The molecule has 0 radical (unpaired) electrons. The van der Waals surface area contributed by atoms with Crippen LogP contribution in [0.4, 0.5) is 11.4 Å². The van der Waals surface area contributed by atoms with Gasteiger partial charge in [-0.25, -0.2) is 0 Å². The first-order chi connectivity index (χ1) is 11.1. The second-order valence-corrected chi connectivity index (χ2v) is 7.20. The minimum absolute atomic E-state index is 0.187. The number of aliphatic carboxylic acids is 1. The molecule has 6 nitrogen and oxygen atoms in total. The largest absolute Gasteiger partial charge is 0.481 e. The summed E-state index contributed by atoms with van der Waals surface area (Å²) in [6, 6.07) is 6.89. The molecule has 1 aliphatic rings. The van der Waals surface area contributed by atoms with Crippen LogP contribution in [0.25, 0.3) is 0 Å². The smallest absolute Gasteiger partial charge is 0.309 e. The van der Waals surface area contributed by atoms with Crippen LogP contribution in [0, 0.1) is 16.7 Å². The first-order valence-corrected chi connectivity index (χ1v) is 8.00. The van der Waals surface area contributed by atoms with E-state index in [1.165, 1.54) is 6.92 Å². The fourth-order valence-electron chi connectivity index (χ4n) is 3.45. The van der Waals surface area contributed by atoms with E-state index in [1.54, 1.807) is 31.2 Å². The third-order valence-electron chi connectivity index (χ3n) is 5.47. The van der Waals surface area contributed by atoms with Crippen molar-refractivity contribution in [3.63, 3.8) is 0 Å². The van der Waals surface area contributed by atoms with Crippen LogP contribution in [0.3, 0.4) is 0 Å². The second kappa shape index (κ2) is 6.26. The van der Waals surface area contributed by atoms with Crippen molar-refractivity contribution in [2.75, 3.05) is 10.6 Å². The Labute approximate surface area is 141 Å². The van der Waals surface area contributed by atoms with Gasteiger partial charge >= 0.3 is 5.97 Å². The van der Waals surface area contributed by atoms with Crippen LogP contribution >= 0.6 is 0 Å². The SMILES string of the molecule is CC(=O)Nc1cccc(NC(=O)C2CCC(C)(C(=O)O)C2(C)C)c1. The third-order valence-corrected chi connectivity index (χ3v) is 5.47.